The first kappa shape index (κ1) is 18.1. The van der Waals surface area contributed by atoms with Gasteiger partial charge in [0.25, 0.3) is 5.91 Å². The Morgan fingerprint density at radius 3 is 2.22 bits per heavy atom. The van der Waals surface area contributed by atoms with Crippen molar-refractivity contribution in [2.24, 2.45) is 0 Å². The Kier molecular flexibility index (Phi) is 4.92. The third-order valence-corrected chi connectivity index (χ3v) is 5.56. The lowest BCUT2D eigenvalue weighted by atomic mass is 9.93. The molecule has 0 aliphatic carbocycles. The number of para-hydroxylation sites is 1. The fourth-order valence-electron chi connectivity index (χ4n) is 3.60. The minimum Gasteiger partial charge on any atom is -0.272 e. The molecule has 0 bridgehead atoms. The number of hydrazine groups is 1. The quantitative estimate of drug-likeness (QED) is 0.579. The number of anilines is 1. The molecule has 0 N–H and O–H groups in total. The van der Waals surface area contributed by atoms with Crippen LogP contribution in [-0.4, -0.2) is 18.0 Å². The van der Waals surface area contributed by atoms with Crippen LogP contribution in [0, 0.1) is 0 Å². The third-order valence-electron chi connectivity index (χ3n) is 4.85. The Morgan fingerprint density at radius 1 is 0.889 bits per heavy atom. The van der Waals surface area contributed by atoms with E-state index in [1.807, 2.05) is 84.9 Å². The van der Waals surface area contributed by atoms with Crippen LogP contribution in [0.5, 0.6) is 0 Å². The van der Waals surface area contributed by atoms with E-state index in [9.17, 15) is 4.79 Å². The summed E-state index contributed by atoms with van der Waals surface area (Å²) in [4.78, 5) is 13.4. The van der Waals surface area contributed by atoms with E-state index in [0.717, 1.165) is 22.4 Å². The van der Waals surface area contributed by atoms with Gasteiger partial charge in [0.15, 0.2) is 0 Å². The Morgan fingerprint density at radius 2 is 1.52 bits per heavy atom. The highest BCUT2D eigenvalue weighted by Crippen LogP contribution is 2.42. The molecule has 27 heavy (non-hydrogen) atoms. The molecule has 0 saturated heterocycles. The lowest BCUT2D eigenvalue weighted by Gasteiger charge is -2.29. The summed E-state index contributed by atoms with van der Waals surface area (Å²) in [5.74, 6) is -0.292. The molecule has 1 atom stereocenters. The number of rotatable bonds is 4. The standard InChI is InChI=1S/C22H18Cl2N2O/c1-25(14-17-18(23)11-7-12-19(17)24)26-20-13-6-5-10-16(20)21(22(26)27)15-8-3-2-4-9-15/h2-13,21H,14H2,1H3/t21-/m1/s1. The summed E-state index contributed by atoms with van der Waals surface area (Å²) in [5.41, 5.74) is 3.69. The lowest BCUT2D eigenvalue weighted by Crippen LogP contribution is -2.42. The molecule has 5 heteroatoms. The van der Waals surface area contributed by atoms with Crippen molar-refractivity contribution < 1.29 is 4.79 Å². The maximum absolute atomic E-state index is 13.4. The molecular formula is C22H18Cl2N2O. The third kappa shape index (κ3) is 3.23. The molecule has 3 aromatic carbocycles. The van der Waals surface area contributed by atoms with Crippen LogP contribution in [0.25, 0.3) is 0 Å². The van der Waals surface area contributed by atoms with E-state index in [4.69, 9.17) is 23.2 Å². The number of carbonyl (C=O) groups is 1. The first-order valence-corrected chi connectivity index (χ1v) is 9.45. The number of amides is 1. The molecule has 0 aromatic heterocycles. The maximum Gasteiger partial charge on any atom is 0.253 e. The molecule has 1 aliphatic heterocycles. The largest absolute Gasteiger partial charge is 0.272 e. The van der Waals surface area contributed by atoms with Gasteiger partial charge in [-0.15, -0.1) is 0 Å². The van der Waals surface area contributed by atoms with Crippen LogP contribution in [-0.2, 0) is 11.3 Å². The molecule has 3 nitrogen and oxygen atoms in total. The van der Waals surface area contributed by atoms with E-state index in [0.29, 0.717) is 16.6 Å². The summed E-state index contributed by atoms with van der Waals surface area (Å²) in [6.07, 6.45) is 0. The van der Waals surface area contributed by atoms with Crippen molar-refractivity contribution in [3.05, 3.63) is 99.5 Å². The molecule has 0 radical (unpaired) electrons. The zero-order chi connectivity index (χ0) is 19.0. The van der Waals surface area contributed by atoms with Crippen LogP contribution in [0.1, 0.15) is 22.6 Å². The summed E-state index contributed by atoms with van der Waals surface area (Å²) in [6, 6.07) is 23.2. The maximum atomic E-state index is 13.4. The fourth-order valence-corrected chi connectivity index (χ4v) is 4.12. The lowest BCUT2D eigenvalue weighted by molar-refractivity contribution is -0.121. The van der Waals surface area contributed by atoms with E-state index in [-0.39, 0.29) is 11.8 Å². The monoisotopic (exact) mass is 396 g/mol. The summed E-state index contributed by atoms with van der Waals surface area (Å²) >= 11 is 12.7. The topological polar surface area (TPSA) is 23.6 Å². The minimum atomic E-state index is -0.313. The first-order chi connectivity index (χ1) is 13.1. The normalized spacial score (nSPS) is 16.1. The highest BCUT2D eigenvalue weighted by atomic mass is 35.5. The van der Waals surface area contributed by atoms with Gasteiger partial charge in [0.1, 0.15) is 0 Å². The van der Waals surface area contributed by atoms with Gasteiger partial charge in [0.2, 0.25) is 0 Å². The molecule has 1 heterocycles. The fraction of sp³-hybridized carbons (Fsp3) is 0.136. The Balaban J connectivity index is 1.72. The van der Waals surface area contributed by atoms with Gasteiger partial charge in [-0.2, -0.15) is 0 Å². The zero-order valence-electron chi connectivity index (χ0n) is 14.8. The second-order valence-electron chi connectivity index (χ2n) is 6.57. The Labute approximate surface area is 168 Å². The van der Waals surface area contributed by atoms with Crippen molar-refractivity contribution in [2.75, 3.05) is 12.1 Å². The summed E-state index contributed by atoms with van der Waals surface area (Å²) in [6.45, 7) is 0.431. The van der Waals surface area contributed by atoms with Gasteiger partial charge in [-0.1, -0.05) is 77.8 Å². The van der Waals surface area contributed by atoms with Gasteiger partial charge in [-0.3, -0.25) is 4.79 Å². The molecule has 1 aliphatic rings. The molecule has 0 saturated carbocycles. The summed E-state index contributed by atoms with van der Waals surface area (Å²) in [7, 11) is 1.88. The van der Waals surface area contributed by atoms with Crippen LogP contribution in [0.3, 0.4) is 0 Å². The van der Waals surface area contributed by atoms with Crippen LogP contribution in [0.2, 0.25) is 10.0 Å². The van der Waals surface area contributed by atoms with Crippen molar-refractivity contribution in [2.45, 2.75) is 12.5 Å². The average Bonchev–Trinajstić information content (AvgIpc) is 2.97. The van der Waals surface area contributed by atoms with Crippen molar-refractivity contribution >= 4 is 34.8 Å². The number of hydrogen-bond acceptors (Lipinski definition) is 2. The number of benzene rings is 3. The van der Waals surface area contributed by atoms with Gasteiger partial charge in [0.05, 0.1) is 11.6 Å². The number of carbonyl (C=O) groups excluding carboxylic acids is 1. The summed E-state index contributed by atoms with van der Waals surface area (Å²) < 4.78 is 0. The number of nitrogens with zero attached hydrogens (tertiary/aromatic N) is 2. The predicted octanol–water partition coefficient (Wildman–Crippen LogP) is 5.52. The van der Waals surface area contributed by atoms with E-state index in [1.165, 1.54) is 0 Å². The van der Waals surface area contributed by atoms with Gasteiger partial charge in [-0.05, 0) is 29.3 Å². The van der Waals surface area contributed by atoms with Crippen LogP contribution >= 0.6 is 23.2 Å². The van der Waals surface area contributed by atoms with Crippen LogP contribution < -0.4 is 5.01 Å². The zero-order valence-corrected chi connectivity index (χ0v) is 16.3. The predicted molar refractivity (Wildman–Crippen MR) is 110 cm³/mol. The minimum absolute atomic E-state index is 0.0214. The Bertz CT molecular complexity index is 970. The van der Waals surface area contributed by atoms with E-state index in [2.05, 4.69) is 0 Å². The summed E-state index contributed by atoms with van der Waals surface area (Å²) in [5, 5.41) is 4.78. The van der Waals surface area contributed by atoms with E-state index in [1.54, 1.807) is 5.01 Å². The molecule has 0 fully saturated rings. The SMILES string of the molecule is CN(Cc1c(Cl)cccc1Cl)N1C(=O)[C@H](c2ccccc2)c2ccccc21. The highest BCUT2D eigenvalue weighted by Gasteiger charge is 2.40. The smallest absolute Gasteiger partial charge is 0.253 e. The molecule has 1 amide bonds. The molecule has 0 spiro atoms. The van der Waals surface area contributed by atoms with Gasteiger partial charge >= 0.3 is 0 Å². The van der Waals surface area contributed by atoms with Crippen LogP contribution in [0.15, 0.2) is 72.8 Å². The highest BCUT2D eigenvalue weighted by molar-refractivity contribution is 6.36. The van der Waals surface area contributed by atoms with Crippen molar-refractivity contribution in [1.82, 2.24) is 5.01 Å². The second-order valence-corrected chi connectivity index (χ2v) is 7.38. The molecule has 0 unspecified atom stereocenters. The van der Waals surface area contributed by atoms with Crippen molar-refractivity contribution in [3.63, 3.8) is 0 Å². The molecule has 136 valence electrons. The second kappa shape index (κ2) is 7.35. The first-order valence-electron chi connectivity index (χ1n) is 8.69. The van der Waals surface area contributed by atoms with Gasteiger partial charge in [-0.25, -0.2) is 10.0 Å². The van der Waals surface area contributed by atoms with Gasteiger partial charge < -0.3 is 0 Å². The van der Waals surface area contributed by atoms with Crippen molar-refractivity contribution in [1.29, 1.82) is 0 Å². The Hall–Kier alpha value is -2.33. The number of halogens is 2. The number of fused-ring (bicyclic) bond motifs is 1. The number of hydrogen-bond donors (Lipinski definition) is 0. The molecule has 4 rings (SSSR count). The van der Waals surface area contributed by atoms with E-state index < -0.39 is 0 Å². The average molecular weight is 397 g/mol. The van der Waals surface area contributed by atoms with Gasteiger partial charge in [0, 0.05) is 29.2 Å². The van der Waals surface area contributed by atoms with E-state index >= 15 is 0 Å². The van der Waals surface area contributed by atoms with Crippen molar-refractivity contribution in [3.8, 4) is 0 Å². The molecular weight excluding hydrogens is 379 g/mol. The molecule has 3 aromatic rings. The van der Waals surface area contributed by atoms with Crippen LogP contribution in [0.4, 0.5) is 5.69 Å².